The van der Waals surface area contributed by atoms with Gasteiger partial charge in [0.15, 0.2) is 0 Å². The van der Waals surface area contributed by atoms with Gasteiger partial charge < -0.3 is 20.9 Å². The van der Waals surface area contributed by atoms with Crippen molar-refractivity contribution >= 4 is 23.6 Å². The van der Waals surface area contributed by atoms with E-state index >= 15 is 0 Å². The molecule has 156 valence electrons. The first-order valence-electron chi connectivity index (χ1n) is 10.0. The standard InChI is InChI=1S/C20H27N5O4/c1-2-24-11-13(8-9-17(24)26)20(29)25-10-4-5-14(12-25)22-19(28)16-7-3-6-15(23-16)18(21)27/h3,6-7,13-14H,2,4-5,8-12H2,1H3,(H2,21,27)(H,22,28). The topological polar surface area (TPSA) is 126 Å². The lowest BCUT2D eigenvalue weighted by molar-refractivity contribution is -0.143. The van der Waals surface area contributed by atoms with Gasteiger partial charge in [-0.15, -0.1) is 0 Å². The summed E-state index contributed by atoms with van der Waals surface area (Å²) in [6, 6.07) is 4.34. The van der Waals surface area contributed by atoms with Crippen molar-refractivity contribution in [2.75, 3.05) is 26.2 Å². The molecule has 0 bridgehead atoms. The predicted molar refractivity (Wildman–Crippen MR) is 105 cm³/mol. The molecule has 29 heavy (non-hydrogen) atoms. The van der Waals surface area contributed by atoms with Crippen molar-refractivity contribution in [3.05, 3.63) is 29.6 Å². The number of likely N-dealkylation sites (tertiary alicyclic amines) is 2. The minimum absolute atomic E-state index is 0.0328. The number of nitrogens with one attached hydrogen (secondary N) is 1. The van der Waals surface area contributed by atoms with Crippen molar-refractivity contribution in [1.82, 2.24) is 20.1 Å². The zero-order valence-electron chi connectivity index (χ0n) is 16.6. The summed E-state index contributed by atoms with van der Waals surface area (Å²) in [7, 11) is 0. The molecule has 0 spiro atoms. The van der Waals surface area contributed by atoms with E-state index in [1.807, 2.05) is 6.92 Å². The van der Waals surface area contributed by atoms with Gasteiger partial charge in [-0.3, -0.25) is 19.2 Å². The van der Waals surface area contributed by atoms with Crippen LogP contribution in [-0.4, -0.2) is 70.6 Å². The fourth-order valence-electron chi connectivity index (χ4n) is 3.93. The van der Waals surface area contributed by atoms with Gasteiger partial charge in [0.25, 0.3) is 11.8 Å². The maximum atomic E-state index is 13.0. The van der Waals surface area contributed by atoms with Crippen LogP contribution < -0.4 is 11.1 Å². The lowest BCUT2D eigenvalue weighted by Gasteiger charge is -2.38. The number of carbonyl (C=O) groups excluding carboxylic acids is 4. The lowest BCUT2D eigenvalue weighted by atomic mass is 9.94. The number of amides is 4. The first-order valence-corrected chi connectivity index (χ1v) is 10.0. The van der Waals surface area contributed by atoms with Crippen LogP contribution in [0.25, 0.3) is 0 Å². The molecule has 1 aromatic rings. The summed E-state index contributed by atoms with van der Waals surface area (Å²) in [4.78, 5) is 56.1. The molecule has 0 saturated carbocycles. The minimum atomic E-state index is -0.693. The highest BCUT2D eigenvalue weighted by molar-refractivity contribution is 5.95. The Bertz CT molecular complexity index is 812. The molecular formula is C20H27N5O4. The molecule has 3 N–H and O–H groups in total. The number of piperidine rings is 2. The number of carbonyl (C=O) groups is 4. The maximum Gasteiger partial charge on any atom is 0.270 e. The fraction of sp³-hybridized carbons (Fsp3) is 0.550. The summed E-state index contributed by atoms with van der Waals surface area (Å²) < 4.78 is 0. The van der Waals surface area contributed by atoms with Gasteiger partial charge in [0, 0.05) is 38.6 Å². The summed E-state index contributed by atoms with van der Waals surface area (Å²) in [5, 5.41) is 2.90. The van der Waals surface area contributed by atoms with Gasteiger partial charge in [0.05, 0.1) is 5.92 Å². The summed E-state index contributed by atoms with van der Waals surface area (Å²) in [5.74, 6) is -1.13. The molecule has 1 aromatic heterocycles. The number of primary amides is 1. The molecule has 2 atom stereocenters. The van der Waals surface area contributed by atoms with Crippen LogP contribution in [0, 0.1) is 5.92 Å². The number of pyridine rings is 1. The SMILES string of the molecule is CCN1CC(C(=O)N2CCCC(NC(=O)c3cccc(C(N)=O)n3)C2)CCC1=O. The predicted octanol–water partition coefficient (Wildman–Crippen LogP) is 0.160. The van der Waals surface area contributed by atoms with E-state index in [2.05, 4.69) is 10.3 Å². The van der Waals surface area contributed by atoms with Crippen LogP contribution in [0.1, 0.15) is 53.6 Å². The van der Waals surface area contributed by atoms with Crippen molar-refractivity contribution in [1.29, 1.82) is 0 Å². The Balaban J connectivity index is 1.59. The third-order valence-electron chi connectivity index (χ3n) is 5.53. The number of hydrogen-bond acceptors (Lipinski definition) is 5. The third-order valence-corrected chi connectivity index (χ3v) is 5.53. The van der Waals surface area contributed by atoms with Gasteiger partial charge >= 0.3 is 0 Å². The summed E-state index contributed by atoms with van der Waals surface area (Å²) in [6.45, 7) is 4.07. The van der Waals surface area contributed by atoms with E-state index in [-0.39, 0.29) is 35.2 Å². The van der Waals surface area contributed by atoms with Crippen LogP contribution in [0.2, 0.25) is 0 Å². The van der Waals surface area contributed by atoms with E-state index in [0.717, 1.165) is 12.8 Å². The molecule has 2 unspecified atom stereocenters. The zero-order chi connectivity index (χ0) is 21.0. The first-order chi connectivity index (χ1) is 13.9. The number of aromatic nitrogens is 1. The number of nitrogens with two attached hydrogens (primary N) is 1. The highest BCUT2D eigenvalue weighted by atomic mass is 16.2. The minimum Gasteiger partial charge on any atom is -0.364 e. The van der Waals surface area contributed by atoms with Gasteiger partial charge in [-0.2, -0.15) is 0 Å². The van der Waals surface area contributed by atoms with Crippen molar-refractivity contribution in [2.45, 2.75) is 38.6 Å². The van der Waals surface area contributed by atoms with E-state index in [1.165, 1.54) is 12.1 Å². The summed E-state index contributed by atoms with van der Waals surface area (Å²) in [6.07, 6.45) is 2.52. The highest BCUT2D eigenvalue weighted by Crippen LogP contribution is 2.22. The fourth-order valence-corrected chi connectivity index (χ4v) is 3.93. The van der Waals surface area contributed by atoms with Gasteiger partial charge in [-0.1, -0.05) is 6.07 Å². The van der Waals surface area contributed by atoms with Crippen molar-refractivity contribution in [2.24, 2.45) is 11.7 Å². The van der Waals surface area contributed by atoms with E-state index in [1.54, 1.807) is 15.9 Å². The van der Waals surface area contributed by atoms with E-state index in [9.17, 15) is 19.2 Å². The molecule has 4 amide bonds. The molecule has 3 heterocycles. The Morgan fingerprint density at radius 1 is 1.21 bits per heavy atom. The second kappa shape index (κ2) is 9.02. The van der Waals surface area contributed by atoms with Gasteiger partial charge in [-0.25, -0.2) is 4.98 Å². The largest absolute Gasteiger partial charge is 0.364 e. The Labute approximate surface area is 169 Å². The molecule has 2 aliphatic rings. The third kappa shape index (κ3) is 4.90. The van der Waals surface area contributed by atoms with E-state index < -0.39 is 11.8 Å². The van der Waals surface area contributed by atoms with E-state index in [4.69, 9.17) is 5.73 Å². The molecule has 2 aliphatic heterocycles. The normalized spacial score (nSPS) is 22.3. The Kier molecular flexibility index (Phi) is 6.46. The van der Waals surface area contributed by atoms with Crippen LogP contribution in [0.4, 0.5) is 0 Å². The van der Waals surface area contributed by atoms with Crippen molar-refractivity contribution in [3.63, 3.8) is 0 Å². The van der Waals surface area contributed by atoms with Gasteiger partial charge in [0.1, 0.15) is 11.4 Å². The molecule has 2 fully saturated rings. The van der Waals surface area contributed by atoms with Gasteiger partial charge in [0.2, 0.25) is 11.8 Å². The van der Waals surface area contributed by atoms with E-state index in [0.29, 0.717) is 39.0 Å². The van der Waals surface area contributed by atoms with Crippen LogP contribution >= 0.6 is 0 Å². The quantitative estimate of drug-likeness (QED) is 0.727. The maximum absolute atomic E-state index is 13.0. The summed E-state index contributed by atoms with van der Waals surface area (Å²) >= 11 is 0. The van der Waals surface area contributed by atoms with Crippen LogP contribution in [0.3, 0.4) is 0 Å². The second-order valence-corrected chi connectivity index (χ2v) is 7.54. The van der Waals surface area contributed by atoms with Crippen molar-refractivity contribution < 1.29 is 19.2 Å². The summed E-state index contributed by atoms with van der Waals surface area (Å²) in [5.41, 5.74) is 5.37. The molecule has 0 aromatic carbocycles. The molecule has 9 heteroatoms. The Morgan fingerprint density at radius 3 is 2.69 bits per heavy atom. The van der Waals surface area contributed by atoms with Crippen LogP contribution in [0.5, 0.6) is 0 Å². The molecule has 3 rings (SSSR count). The number of nitrogens with zero attached hydrogens (tertiary/aromatic N) is 3. The monoisotopic (exact) mass is 401 g/mol. The number of rotatable bonds is 5. The lowest BCUT2D eigenvalue weighted by Crippen LogP contribution is -2.53. The Morgan fingerprint density at radius 2 is 1.97 bits per heavy atom. The molecule has 0 radical (unpaired) electrons. The average molecular weight is 401 g/mol. The van der Waals surface area contributed by atoms with Crippen molar-refractivity contribution in [3.8, 4) is 0 Å². The Hall–Kier alpha value is -2.97. The molecule has 9 nitrogen and oxygen atoms in total. The smallest absolute Gasteiger partial charge is 0.270 e. The first kappa shape index (κ1) is 20.8. The number of hydrogen-bond donors (Lipinski definition) is 2. The molecule has 2 saturated heterocycles. The zero-order valence-corrected chi connectivity index (χ0v) is 16.6. The van der Waals surface area contributed by atoms with Gasteiger partial charge in [-0.05, 0) is 38.3 Å². The van der Waals surface area contributed by atoms with Crippen LogP contribution in [0.15, 0.2) is 18.2 Å². The molecule has 0 aliphatic carbocycles. The average Bonchev–Trinajstić information content (AvgIpc) is 2.73. The molecular weight excluding hydrogens is 374 g/mol. The van der Waals surface area contributed by atoms with Crippen LogP contribution in [-0.2, 0) is 9.59 Å². The highest BCUT2D eigenvalue weighted by Gasteiger charge is 2.34. The second-order valence-electron chi connectivity index (χ2n) is 7.54.